The van der Waals surface area contributed by atoms with Gasteiger partial charge >= 0.3 is 0 Å². The van der Waals surface area contributed by atoms with Crippen LogP contribution in [0.25, 0.3) is 0 Å². The Morgan fingerprint density at radius 3 is 2.71 bits per heavy atom. The highest BCUT2D eigenvalue weighted by atomic mass is 79.9. The molecule has 1 amide bonds. The van der Waals surface area contributed by atoms with Crippen molar-refractivity contribution < 1.29 is 4.79 Å². The predicted octanol–water partition coefficient (Wildman–Crippen LogP) is 3.98. The largest absolute Gasteiger partial charge is 0.370 e. The second kappa shape index (κ2) is 8.23. The fourth-order valence-electron chi connectivity index (χ4n) is 2.51. The Labute approximate surface area is 159 Å². The third-order valence-corrected chi connectivity index (χ3v) is 5.49. The summed E-state index contributed by atoms with van der Waals surface area (Å²) in [5.41, 5.74) is 2.66. The summed E-state index contributed by atoms with van der Waals surface area (Å²) in [7, 11) is 0. The van der Waals surface area contributed by atoms with Crippen LogP contribution in [0.1, 0.15) is 15.9 Å². The molecular weight excluding hydrogens is 410 g/mol. The number of nitrogens with zero attached hydrogens (tertiary/aromatic N) is 2. The Bertz CT molecular complexity index is 720. The highest BCUT2D eigenvalue weighted by molar-refractivity contribution is 9.10. The number of pyridine rings is 1. The number of anilines is 1. The van der Waals surface area contributed by atoms with E-state index in [4.69, 9.17) is 11.6 Å². The van der Waals surface area contributed by atoms with Gasteiger partial charge in [-0.1, -0.05) is 23.7 Å². The van der Waals surface area contributed by atoms with Crippen molar-refractivity contribution in [1.29, 1.82) is 0 Å². The van der Waals surface area contributed by atoms with E-state index in [1.54, 1.807) is 12.3 Å². The van der Waals surface area contributed by atoms with E-state index in [0.717, 1.165) is 23.1 Å². The van der Waals surface area contributed by atoms with Crippen LogP contribution in [-0.4, -0.2) is 35.5 Å². The minimum Gasteiger partial charge on any atom is -0.370 e. The molecule has 3 rings (SSSR count). The minimum atomic E-state index is -0.231. The van der Waals surface area contributed by atoms with E-state index in [9.17, 15) is 4.79 Å². The van der Waals surface area contributed by atoms with Crippen molar-refractivity contribution in [2.24, 2.45) is 0 Å². The highest BCUT2D eigenvalue weighted by Gasteiger charge is 2.13. The van der Waals surface area contributed by atoms with E-state index in [2.05, 4.69) is 55.4 Å². The van der Waals surface area contributed by atoms with E-state index in [1.807, 2.05) is 11.8 Å². The van der Waals surface area contributed by atoms with Crippen LogP contribution in [0, 0.1) is 0 Å². The fourth-order valence-corrected chi connectivity index (χ4v) is 3.93. The van der Waals surface area contributed by atoms with Crippen LogP contribution in [0.15, 0.2) is 41.0 Å². The molecular formula is C17H17BrClN3OS. The number of carbonyl (C=O) groups excluding carboxylic acids is 1. The average molecular weight is 427 g/mol. The van der Waals surface area contributed by atoms with Crippen molar-refractivity contribution in [2.45, 2.75) is 6.54 Å². The Kier molecular flexibility index (Phi) is 6.03. The molecule has 24 heavy (non-hydrogen) atoms. The molecule has 1 aromatic carbocycles. The molecule has 0 bridgehead atoms. The normalized spacial score (nSPS) is 14.5. The lowest BCUT2D eigenvalue weighted by Crippen LogP contribution is -2.32. The van der Waals surface area contributed by atoms with Gasteiger partial charge in [0.25, 0.3) is 5.91 Å². The third-order valence-electron chi connectivity index (χ3n) is 3.82. The zero-order valence-electron chi connectivity index (χ0n) is 13.0. The quantitative estimate of drug-likeness (QED) is 0.751. The van der Waals surface area contributed by atoms with E-state index in [-0.39, 0.29) is 11.1 Å². The molecule has 126 valence electrons. The summed E-state index contributed by atoms with van der Waals surface area (Å²) in [4.78, 5) is 18.6. The molecule has 1 saturated heterocycles. The van der Waals surface area contributed by atoms with E-state index >= 15 is 0 Å². The molecule has 1 N–H and O–H groups in total. The molecule has 4 nitrogen and oxygen atoms in total. The van der Waals surface area contributed by atoms with Crippen molar-refractivity contribution in [3.8, 4) is 0 Å². The molecule has 0 aliphatic carbocycles. The van der Waals surface area contributed by atoms with Crippen LogP contribution in [-0.2, 0) is 6.54 Å². The first kappa shape index (κ1) is 17.6. The summed E-state index contributed by atoms with van der Waals surface area (Å²) in [5.74, 6) is 2.13. The number of nitrogens with one attached hydrogen (secondary N) is 1. The van der Waals surface area contributed by atoms with Crippen molar-refractivity contribution in [2.75, 3.05) is 29.5 Å². The molecule has 0 spiro atoms. The number of hydrogen-bond acceptors (Lipinski definition) is 4. The van der Waals surface area contributed by atoms with Crippen molar-refractivity contribution in [3.05, 3.63) is 57.3 Å². The first-order valence-corrected chi connectivity index (χ1v) is 9.97. The molecule has 1 aliphatic heterocycles. The summed E-state index contributed by atoms with van der Waals surface area (Å²) in [5, 5.41) is 3.08. The third kappa shape index (κ3) is 4.43. The molecule has 1 aromatic heterocycles. The monoisotopic (exact) mass is 425 g/mol. The Morgan fingerprint density at radius 2 is 2.00 bits per heavy atom. The van der Waals surface area contributed by atoms with Gasteiger partial charge in [-0.05, 0) is 39.7 Å². The Hall–Kier alpha value is -1.24. The van der Waals surface area contributed by atoms with E-state index < -0.39 is 0 Å². The molecule has 1 aliphatic rings. The van der Waals surface area contributed by atoms with Crippen LogP contribution in [0.5, 0.6) is 0 Å². The fraction of sp³-hybridized carbons (Fsp3) is 0.294. The van der Waals surface area contributed by atoms with Crippen molar-refractivity contribution in [1.82, 2.24) is 10.3 Å². The lowest BCUT2D eigenvalue weighted by atomic mass is 10.2. The highest BCUT2D eigenvalue weighted by Crippen LogP contribution is 2.20. The van der Waals surface area contributed by atoms with E-state index in [1.165, 1.54) is 17.2 Å². The zero-order valence-corrected chi connectivity index (χ0v) is 16.1. The average Bonchev–Trinajstić information content (AvgIpc) is 2.63. The minimum absolute atomic E-state index is 0.203. The van der Waals surface area contributed by atoms with Gasteiger partial charge in [0.1, 0.15) is 5.15 Å². The van der Waals surface area contributed by atoms with Gasteiger partial charge in [-0.3, -0.25) is 4.79 Å². The van der Waals surface area contributed by atoms with Gasteiger partial charge in [0.2, 0.25) is 0 Å². The van der Waals surface area contributed by atoms with Crippen LogP contribution < -0.4 is 10.2 Å². The van der Waals surface area contributed by atoms with Crippen molar-refractivity contribution in [3.63, 3.8) is 0 Å². The van der Waals surface area contributed by atoms with Crippen molar-refractivity contribution >= 4 is 50.9 Å². The van der Waals surface area contributed by atoms with Crippen LogP contribution in [0.4, 0.5) is 5.69 Å². The summed E-state index contributed by atoms with van der Waals surface area (Å²) in [6.07, 6.45) is 1.57. The van der Waals surface area contributed by atoms with Gasteiger partial charge in [0.05, 0.1) is 5.56 Å². The lowest BCUT2D eigenvalue weighted by molar-refractivity contribution is 0.0950. The molecule has 0 saturated carbocycles. The van der Waals surface area contributed by atoms with E-state index in [0.29, 0.717) is 12.1 Å². The Balaban J connectivity index is 1.60. The number of amides is 1. The molecule has 0 unspecified atom stereocenters. The maximum Gasteiger partial charge on any atom is 0.254 e. The molecule has 0 atom stereocenters. The SMILES string of the molecule is O=C(NCc1ccc(N2CCSCC2)cc1)c1cc(Br)cnc1Cl. The summed E-state index contributed by atoms with van der Waals surface area (Å²) in [6.45, 7) is 2.64. The predicted molar refractivity (Wildman–Crippen MR) is 104 cm³/mol. The molecule has 7 heteroatoms. The van der Waals surface area contributed by atoms with Gasteiger partial charge in [0, 0.05) is 47.5 Å². The number of hydrogen-bond donors (Lipinski definition) is 1. The molecule has 1 fully saturated rings. The molecule has 0 radical (unpaired) electrons. The van der Waals surface area contributed by atoms with Crippen LogP contribution >= 0.6 is 39.3 Å². The van der Waals surface area contributed by atoms with Gasteiger partial charge in [-0.25, -0.2) is 4.98 Å². The summed E-state index contributed by atoms with van der Waals surface area (Å²) < 4.78 is 0.723. The van der Waals surface area contributed by atoms with Gasteiger partial charge in [-0.2, -0.15) is 11.8 Å². The summed E-state index contributed by atoms with van der Waals surface area (Å²) in [6, 6.07) is 10.0. The van der Waals surface area contributed by atoms with Crippen LogP contribution in [0.3, 0.4) is 0 Å². The number of carbonyl (C=O) groups is 1. The summed E-state index contributed by atoms with van der Waals surface area (Å²) >= 11 is 11.3. The topological polar surface area (TPSA) is 45.2 Å². The number of thioether (sulfide) groups is 1. The smallest absolute Gasteiger partial charge is 0.254 e. The number of aromatic nitrogens is 1. The van der Waals surface area contributed by atoms with Gasteiger partial charge in [0.15, 0.2) is 0 Å². The lowest BCUT2D eigenvalue weighted by Gasteiger charge is -2.28. The zero-order chi connectivity index (χ0) is 16.9. The Morgan fingerprint density at radius 1 is 1.29 bits per heavy atom. The first-order chi connectivity index (χ1) is 11.6. The maximum atomic E-state index is 12.2. The van der Waals surface area contributed by atoms with Gasteiger partial charge < -0.3 is 10.2 Å². The second-order valence-corrected chi connectivity index (χ2v) is 7.94. The molecule has 2 heterocycles. The second-order valence-electron chi connectivity index (χ2n) is 5.44. The number of benzene rings is 1. The van der Waals surface area contributed by atoms with Gasteiger partial charge in [-0.15, -0.1) is 0 Å². The first-order valence-electron chi connectivity index (χ1n) is 7.64. The maximum absolute atomic E-state index is 12.2. The number of rotatable bonds is 4. The molecule has 2 aromatic rings. The number of halogens is 2. The van der Waals surface area contributed by atoms with Crippen LogP contribution in [0.2, 0.25) is 5.15 Å². The standard InChI is InChI=1S/C17H17BrClN3OS/c18-13-9-15(16(19)20-11-13)17(23)21-10-12-1-3-14(4-2-12)22-5-7-24-8-6-22/h1-4,9,11H,5-8,10H2,(H,21,23).